The van der Waals surface area contributed by atoms with Crippen molar-refractivity contribution in [2.45, 2.75) is 12.1 Å². The average molecular weight is 253 g/mol. The van der Waals surface area contributed by atoms with Gasteiger partial charge in [-0.25, -0.2) is 4.39 Å². The molecular weight excluding hydrogens is 233 g/mol. The summed E-state index contributed by atoms with van der Waals surface area (Å²) in [5, 5.41) is 13.1. The molecule has 1 aromatic rings. The van der Waals surface area contributed by atoms with Crippen molar-refractivity contribution in [1.29, 1.82) is 0 Å². The van der Waals surface area contributed by atoms with E-state index in [4.69, 9.17) is 5.73 Å². The second kappa shape index (κ2) is 6.13. The summed E-state index contributed by atoms with van der Waals surface area (Å²) < 4.78 is 12.4. The third kappa shape index (κ3) is 2.98. The maximum Gasteiger partial charge on any atom is 0.107 e. The summed E-state index contributed by atoms with van der Waals surface area (Å²) in [5.74, 6) is 0. The number of nitrogens with zero attached hydrogens (tertiary/aromatic N) is 1. The normalized spacial score (nSPS) is 19.6. The minimum Gasteiger partial charge on any atom is -0.387 e. The van der Waals surface area contributed by atoms with Gasteiger partial charge in [-0.2, -0.15) is 0 Å². The number of rotatable bonds is 4. The van der Waals surface area contributed by atoms with Gasteiger partial charge in [0.1, 0.15) is 6.67 Å². The van der Waals surface area contributed by atoms with Crippen molar-refractivity contribution in [2.75, 3.05) is 37.8 Å². The monoisotopic (exact) mass is 253 g/mol. The first-order valence-corrected chi connectivity index (χ1v) is 6.27. The number of nitrogens with one attached hydrogen (secondary N) is 1. The van der Waals surface area contributed by atoms with Crippen LogP contribution in [0.5, 0.6) is 0 Å². The molecule has 1 saturated heterocycles. The number of benzene rings is 1. The van der Waals surface area contributed by atoms with Gasteiger partial charge in [0.15, 0.2) is 0 Å². The molecule has 4 N–H and O–H groups in total. The van der Waals surface area contributed by atoms with E-state index in [-0.39, 0.29) is 0 Å². The molecule has 0 radical (unpaired) electrons. The molecule has 1 aliphatic heterocycles. The van der Waals surface area contributed by atoms with Gasteiger partial charge in [-0.3, -0.25) is 0 Å². The number of hydrogen-bond acceptors (Lipinski definition) is 4. The first-order chi connectivity index (χ1) is 8.72. The lowest BCUT2D eigenvalue weighted by molar-refractivity contribution is 0.132. The Balaban J connectivity index is 2.04. The van der Waals surface area contributed by atoms with Crippen LogP contribution < -0.4 is 16.0 Å². The zero-order valence-electron chi connectivity index (χ0n) is 10.3. The van der Waals surface area contributed by atoms with Crippen LogP contribution in [0.2, 0.25) is 0 Å². The quantitative estimate of drug-likeness (QED) is 0.728. The maximum atomic E-state index is 12.4. The van der Waals surface area contributed by atoms with Gasteiger partial charge in [-0.05, 0) is 17.7 Å². The van der Waals surface area contributed by atoms with Gasteiger partial charge in [-0.1, -0.05) is 12.1 Å². The Labute approximate surface area is 107 Å². The predicted molar refractivity (Wildman–Crippen MR) is 70.4 cm³/mol. The first-order valence-electron chi connectivity index (χ1n) is 6.27. The van der Waals surface area contributed by atoms with E-state index in [0.29, 0.717) is 5.56 Å². The number of hydrogen-bond donors (Lipinski definition) is 3. The Hall–Kier alpha value is -1.17. The van der Waals surface area contributed by atoms with E-state index >= 15 is 0 Å². The second-order valence-electron chi connectivity index (χ2n) is 4.59. The molecule has 0 saturated carbocycles. The molecule has 1 aliphatic rings. The molecular formula is C13H20FN3O. The minimum absolute atomic E-state index is 0.666. The Morgan fingerprint density at radius 2 is 1.89 bits per heavy atom. The fraction of sp³-hybridized carbons (Fsp3) is 0.538. The molecule has 100 valence electrons. The van der Waals surface area contributed by atoms with Crippen molar-refractivity contribution in [3.8, 4) is 0 Å². The summed E-state index contributed by atoms with van der Waals surface area (Å²) in [7, 11) is 0. The van der Waals surface area contributed by atoms with Gasteiger partial charge in [0.05, 0.1) is 12.1 Å². The van der Waals surface area contributed by atoms with Crippen molar-refractivity contribution >= 4 is 5.69 Å². The Kier molecular flexibility index (Phi) is 4.52. The van der Waals surface area contributed by atoms with Crippen LogP contribution in [0.15, 0.2) is 24.3 Å². The number of anilines is 1. The zero-order chi connectivity index (χ0) is 13.0. The van der Waals surface area contributed by atoms with Crippen LogP contribution in [0.25, 0.3) is 0 Å². The SMILES string of the molecule is N[C@H](CF)[C@H](O)c1ccc(N2CCNCC2)cc1. The fourth-order valence-electron chi connectivity index (χ4n) is 2.14. The van der Waals surface area contributed by atoms with Gasteiger partial charge in [0.2, 0.25) is 0 Å². The number of alkyl halides is 1. The number of halogens is 1. The van der Waals surface area contributed by atoms with Crippen LogP contribution in [0.1, 0.15) is 11.7 Å². The molecule has 0 aromatic heterocycles. The molecule has 18 heavy (non-hydrogen) atoms. The third-order valence-corrected chi connectivity index (χ3v) is 3.30. The highest BCUT2D eigenvalue weighted by Gasteiger charge is 2.17. The van der Waals surface area contributed by atoms with Crippen LogP contribution in [-0.2, 0) is 0 Å². The van der Waals surface area contributed by atoms with Crippen LogP contribution in [-0.4, -0.2) is 44.0 Å². The zero-order valence-corrected chi connectivity index (χ0v) is 10.3. The van der Waals surface area contributed by atoms with E-state index in [1.54, 1.807) is 0 Å². The molecule has 2 atom stereocenters. The molecule has 2 rings (SSSR count). The van der Waals surface area contributed by atoms with Gasteiger partial charge in [0.25, 0.3) is 0 Å². The summed E-state index contributed by atoms with van der Waals surface area (Å²) in [4.78, 5) is 2.28. The Morgan fingerprint density at radius 1 is 1.28 bits per heavy atom. The highest BCUT2D eigenvalue weighted by Crippen LogP contribution is 2.21. The third-order valence-electron chi connectivity index (χ3n) is 3.30. The summed E-state index contributed by atoms with van der Waals surface area (Å²) in [6.07, 6.45) is -0.938. The Morgan fingerprint density at radius 3 is 2.44 bits per heavy atom. The number of nitrogens with two attached hydrogens (primary N) is 1. The second-order valence-corrected chi connectivity index (χ2v) is 4.59. The molecule has 1 fully saturated rings. The van der Waals surface area contributed by atoms with E-state index < -0.39 is 18.8 Å². The number of piperazine rings is 1. The van der Waals surface area contributed by atoms with Crippen molar-refractivity contribution in [3.63, 3.8) is 0 Å². The number of aliphatic hydroxyl groups is 1. The van der Waals surface area contributed by atoms with Crippen LogP contribution >= 0.6 is 0 Å². The molecule has 0 bridgehead atoms. The van der Waals surface area contributed by atoms with Crippen molar-refractivity contribution < 1.29 is 9.50 Å². The molecule has 0 aliphatic carbocycles. The molecule has 0 amide bonds. The van der Waals surface area contributed by atoms with E-state index in [1.165, 1.54) is 0 Å². The molecule has 0 unspecified atom stereocenters. The molecule has 5 heteroatoms. The van der Waals surface area contributed by atoms with E-state index in [1.807, 2.05) is 24.3 Å². The van der Waals surface area contributed by atoms with Crippen LogP contribution in [0.4, 0.5) is 10.1 Å². The average Bonchev–Trinajstić information content (AvgIpc) is 2.47. The smallest absolute Gasteiger partial charge is 0.107 e. The van der Waals surface area contributed by atoms with E-state index in [9.17, 15) is 9.50 Å². The van der Waals surface area contributed by atoms with Gasteiger partial charge in [-0.15, -0.1) is 0 Å². The van der Waals surface area contributed by atoms with Gasteiger partial charge < -0.3 is 21.1 Å². The van der Waals surface area contributed by atoms with Crippen molar-refractivity contribution in [2.24, 2.45) is 5.73 Å². The first kappa shape index (κ1) is 13.3. The minimum atomic E-state index is -0.938. The lowest BCUT2D eigenvalue weighted by Crippen LogP contribution is -2.43. The Bertz CT molecular complexity index is 344. The van der Waals surface area contributed by atoms with Gasteiger partial charge in [0, 0.05) is 31.9 Å². The maximum absolute atomic E-state index is 12.4. The van der Waals surface area contributed by atoms with Crippen molar-refractivity contribution in [3.05, 3.63) is 29.8 Å². The highest BCUT2D eigenvalue weighted by molar-refractivity contribution is 5.48. The van der Waals surface area contributed by atoms with Crippen LogP contribution in [0.3, 0.4) is 0 Å². The fourth-order valence-corrected chi connectivity index (χ4v) is 2.14. The van der Waals surface area contributed by atoms with Crippen molar-refractivity contribution in [1.82, 2.24) is 5.32 Å². The summed E-state index contributed by atoms with van der Waals surface area (Å²) >= 11 is 0. The lowest BCUT2D eigenvalue weighted by atomic mass is 10.0. The van der Waals surface area contributed by atoms with E-state index in [0.717, 1.165) is 31.9 Å². The summed E-state index contributed by atoms with van der Waals surface area (Å²) in [5.41, 5.74) is 7.28. The standard InChI is InChI=1S/C13H20FN3O/c14-9-12(15)13(18)10-1-3-11(4-2-10)17-7-5-16-6-8-17/h1-4,12-13,16,18H,5-9,15H2/t12-,13-/m1/s1. The summed E-state index contributed by atoms with van der Waals surface area (Å²) in [6, 6.07) is 6.69. The molecule has 4 nitrogen and oxygen atoms in total. The largest absolute Gasteiger partial charge is 0.387 e. The lowest BCUT2D eigenvalue weighted by Gasteiger charge is -2.29. The number of aliphatic hydroxyl groups excluding tert-OH is 1. The summed E-state index contributed by atoms with van der Waals surface area (Å²) in [6.45, 7) is 3.20. The van der Waals surface area contributed by atoms with Gasteiger partial charge >= 0.3 is 0 Å². The predicted octanol–water partition coefficient (Wildman–Crippen LogP) is 0.426. The molecule has 0 spiro atoms. The van der Waals surface area contributed by atoms with Crippen LogP contribution in [0, 0.1) is 0 Å². The molecule has 1 aromatic carbocycles. The molecule has 1 heterocycles. The topological polar surface area (TPSA) is 61.5 Å². The highest BCUT2D eigenvalue weighted by atomic mass is 19.1. The van der Waals surface area contributed by atoms with E-state index in [2.05, 4.69) is 10.2 Å².